The van der Waals surface area contributed by atoms with Crippen LogP contribution in [0.2, 0.25) is 0 Å². The highest BCUT2D eigenvalue weighted by Gasteiger charge is 2.28. The molecule has 0 spiro atoms. The van der Waals surface area contributed by atoms with Crippen LogP contribution in [0.15, 0.2) is 42.6 Å². The van der Waals surface area contributed by atoms with Crippen molar-refractivity contribution in [3.8, 4) is 17.3 Å². The van der Waals surface area contributed by atoms with Crippen molar-refractivity contribution in [3.05, 3.63) is 59.4 Å². The zero-order valence-corrected chi connectivity index (χ0v) is 20.6. The number of methoxy groups -OCH3 is 2. The van der Waals surface area contributed by atoms with Gasteiger partial charge in [0.1, 0.15) is 12.2 Å². The Morgan fingerprint density at radius 3 is 2.78 bits per heavy atom. The average molecular weight is 505 g/mol. The molecule has 11 nitrogen and oxygen atoms in total. The number of aromatic amines is 2. The number of likely N-dealkylation sites (tertiary alicyclic amines) is 1. The van der Waals surface area contributed by atoms with Crippen LogP contribution in [-0.4, -0.2) is 82.0 Å². The average Bonchev–Trinajstić information content (AvgIpc) is 3.65. The predicted molar refractivity (Wildman–Crippen MR) is 137 cm³/mol. The van der Waals surface area contributed by atoms with E-state index in [0.717, 1.165) is 28.5 Å². The van der Waals surface area contributed by atoms with Gasteiger partial charge in [-0.2, -0.15) is 0 Å². The number of fused-ring (bicyclic) bond motifs is 1. The maximum absolute atomic E-state index is 13.2. The van der Waals surface area contributed by atoms with Crippen LogP contribution in [0.5, 0.6) is 5.88 Å². The molecule has 0 saturated carbocycles. The van der Waals surface area contributed by atoms with E-state index in [0.29, 0.717) is 42.5 Å². The predicted octanol–water partition coefficient (Wildman–Crippen LogP) is 2.91. The fourth-order valence-electron chi connectivity index (χ4n) is 4.67. The highest BCUT2D eigenvalue weighted by molar-refractivity contribution is 5.93. The smallest absolute Gasteiger partial charge is 0.322 e. The molecule has 4 N–H and O–H groups in total. The van der Waals surface area contributed by atoms with Gasteiger partial charge in [0.25, 0.3) is 5.91 Å². The molecule has 1 saturated heterocycles. The summed E-state index contributed by atoms with van der Waals surface area (Å²) in [6.45, 7) is 0.848. The summed E-state index contributed by atoms with van der Waals surface area (Å²) in [5.74, 6) is -0.810. The number of amides is 1. The summed E-state index contributed by atoms with van der Waals surface area (Å²) < 4.78 is 10.8. The van der Waals surface area contributed by atoms with Crippen molar-refractivity contribution in [2.24, 2.45) is 0 Å². The summed E-state index contributed by atoms with van der Waals surface area (Å²) >= 11 is 0. The number of carboxylic acids is 1. The number of carbonyl (C=O) groups excluding carboxylic acids is 1. The number of hydrogen-bond donors (Lipinski definition) is 4. The number of aromatic nitrogens is 4. The number of carbonyl (C=O) groups is 2. The summed E-state index contributed by atoms with van der Waals surface area (Å²) in [6.07, 6.45) is 3.25. The van der Waals surface area contributed by atoms with Crippen LogP contribution in [0.3, 0.4) is 0 Å². The van der Waals surface area contributed by atoms with Crippen molar-refractivity contribution < 1.29 is 24.2 Å². The summed E-state index contributed by atoms with van der Waals surface area (Å²) in [4.78, 5) is 32.5. The van der Waals surface area contributed by atoms with Crippen molar-refractivity contribution in [1.29, 1.82) is 0 Å². The largest absolute Gasteiger partial charge is 0.481 e. The number of benzene rings is 1. The Labute approximate surface area is 212 Å². The van der Waals surface area contributed by atoms with Crippen molar-refractivity contribution in [2.45, 2.75) is 18.9 Å². The minimum absolute atomic E-state index is 0.0185. The fourth-order valence-corrected chi connectivity index (χ4v) is 4.67. The van der Waals surface area contributed by atoms with Gasteiger partial charge in [-0.25, -0.2) is 0 Å². The van der Waals surface area contributed by atoms with Gasteiger partial charge in [0, 0.05) is 43.7 Å². The monoisotopic (exact) mass is 504 g/mol. The first kappa shape index (κ1) is 24.3. The van der Waals surface area contributed by atoms with Crippen molar-refractivity contribution in [2.75, 3.05) is 39.2 Å². The van der Waals surface area contributed by atoms with Crippen LogP contribution in [0.1, 0.15) is 28.0 Å². The zero-order chi connectivity index (χ0) is 25.9. The van der Waals surface area contributed by atoms with Crippen LogP contribution in [0.4, 0.5) is 5.69 Å². The third kappa shape index (κ3) is 4.98. The fraction of sp³-hybridized carbons (Fsp3) is 0.308. The van der Waals surface area contributed by atoms with Gasteiger partial charge in [0.2, 0.25) is 5.88 Å². The normalized spacial score (nSPS) is 15.3. The molecule has 11 heteroatoms. The number of anilines is 1. The van der Waals surface area contributed by atoms with Gasteiger partial charge in [0.15, 0.2) is 5.69 Å². The summed E-state index contributed by atoms with van der Waals surface area (Å²) in [6, 6.07) is 11.5. The molecule has 37 heavy (non-hydrogen) atoms. The van der Waals surface area contributed by atoms with Crippen molar-refractivity contribution in [3.63, 3.8) is 0 Å². The molecule has 5 rings (SSSR count). The van der Waals surface area contributed by atoms with Gasteiger partial charge in [-0.05, 0) is 35.7 Å². The Morgan fingerprint density at radius 2 is 2.03 bits per heavy atom. The lowest BCUT2D eigenvalue weighted by atomic mass is 10.0. The Balaban J connectivity index is 1.54. The molecule has 0 aliphatic carbocycles. The lowest BCUT2D eigenvalue weighted by Gasteiger charge is -2.16. The maximum atomic E-state index is 13.2. The second-order valence-electron chi connectivity index (χ2n) is 8.91. The third-order valence-electron chi connectivity index (χ3n) is 6.58. The second kappa shape index (κ2) is 10.3. The Bertz CT molecular complexity index is 1440. The molecule has 0 bridgehead atoms. The molecule has 1 aromatic carbocycles. The van der Waals surface area contributed by atoms with E-state index in [9.17, 15) is 9.59 Å². The van der Waals surface area contributed by atoms with Crippen LogP contribution in [0.25, 0.3) is 22.3 Å². The van der Waals surface area contributed by atoms with E-state index in [-0.39, 0.29) is 24.2 Å². The summed E-state index contributed by atoms with van der Waals surface area (Å²) in [7, 11) is 3.14. The van der Waals surface area contributed by atoms with Gasteiger partial charge in [0.05, 0.1) is 24.6 Å². The lowest BCUT2D eigenvalue weighted by Crippen LogP contribution is -2.31. The number of hydrogen-bond acceptors (Lipinski definition) is 7. The highest BCUT2D eigenvalue weighted by atomic mass is 16.5. The second-order valence-corrected chi connectivity index (χ2v) is 8.91. The first-order valence-electron chi connectivity index (χ1n) is 11.9. The van der Waals surface area contributed by atoms with E-state index >= 15 is 0 Å². The number of rotatable bonds is 9. The Morgan fingerprint density at radius 1 is 1.19 bits per heavy atom. The topological polar surface area (TPSA) is 145 Å². The number of H-pyrrole nitrogens is 2. The van der Waals surface area contributed by atoms with Gasteiger partial charge >= 0.3 is 5.97 Å². The van der Waals surface area contributed by atoms with E-state index in [4.69, 9.17) is 14.6 Å². The molecule has 4 aromatic rings. The van der Waals surface area contributed by atoms with Gasteiger partial charge in [-0.15, -0.1) is 10.2 Å². The SMILES string of the molecule is COc1[nH]c(-c2nnc(C(=O)N3CCC(OC)C3)cc2Cc2c[nH]c3ccccc23)cc1NCC(=O)O. The molecule has 1 aliphatic rings. The highest BCUT2D eigenvalue weighted by Crippen LogP contribution is 2.33. The number of carboxylic acid groups (broad SMARTS) is 1. The molecule has 1 unspecified atom stereocenters. The molecule has 192 valence electrons. The first-order chi connectivity index (χ1) is 18.0. The number of ether oxygens (including phenoxy) is 2. The number of para-hydroxylation sites is 1. The molecule has 1 amide bonds. The van der Waals surface area contributed by atoms with Gasteiger partial charge in [-0.1, -0.05) is 18.2 Å². The van der Waals surface area contributed by atoms with Crippen LogP contribution in [0, 0.1) is 0 Å². The van der Waals surface area contributed by atoms with Crippen LogP contribution < -0.4 is 10.1 Å². The third-order valence-corrected chi connectivity index (χ3v) is 6.58. The zero-order valence-electron chi connectivity index (χ0n) is 20.6. The maximum Gasteiger partial charge on any atom is 0.322 e. The number of nitrogens with one attached hydrogen (secondary N) is 3. The van der Waals surface area contributed by atoms with Gasteiger partial charge in [-0.3, -0.25) is 9.59 Å². The summed E-state index contributed by atoms with van der Waals surface area (Å²) in [5, 5.41) is 21.7. The van der Waals surface area contributed by atoms with Gasteiger partial charge < -0.3 is 34.8 Å². The molecule has 1 aliphatic heterocycles. The minimum Gasteiger partial charge on any atom is -0.481 e. The molecule has 0 radical (unpaired) electrons. The molecule has 1 fully saturated rings. The molecule has 4 heterocycles. The van der Waals surface area contributed by atoms with Crippen LogP contribution in [-0.2, 0) is 16.0 Å². The molecule has 3 aromatic heterocycles. The standard InChI is InChI=1S/C26H28N6O5/c1-36-17-7-8-32(14-17)26(35)22-10-15(9-16-12-27-19-6-4-3-5-18(16)19)24(31-30-22)20-11-21(25(29-20)37-2)28-13-23(33)34/h3-6,10-12,17,27-29H,7-9,13-14H2,1-2H3,(H,33,34). The van der Waals surface area contributed by atoms with E-state index in [1.165, 1.54) is 7.11 Å². The molecular formula is C26H28N6O5. The quantitative estimate of drug-likeness (QED) is 0.272. The van der Waals surface area contributed by atoms with Crippen molar-refractivity contribution in [1.82, 2.24) is 25.1 Å². The Hall–Kier alpha value is -4.38. The minimum atomic E-state index is -0.995. The number of aliphatic carboxylic acids is 1. The Kier molecular flexibility index (Phi) is 6.78. The van der Waals surface area contributed by atoms with E-state index in [1.54, 1.807) is 24.1 Å². The number of nitrogens with zero attached hydrogens (tertiary/aromatic N) is 3. The van der Waals surface area contributed by atoms with E-state index in [2.05, 4.69) is 25.5 Å². The molecular weight excluding hydrogens is 476 g/mol. The van der Waals surface area contributed by atoms with E-state index < -0.39 is 5.97 Å². The summed E-state index contributed by atoms with van der Waals surface area (Å²) in [5.41, 5.74) is 4.74. The van der Waals surface area contributed by atoms with Crippen molar-refractivity contribution >= 4 is 28.5 Å². The van der Waals surface area contributed by atoms with E-state index in [1.807, 2.05) is 30.5 Å². The lowest BCUT2D eigenvalue weighted by molar-refractivity contribution is -0.134. The molecule has 1 atom stereocenters. The van der Waals surface area contributed by atoms with Crippen LogP contribution >= 0.6 is 0 Å². The first-order valence-corrected chi connectivity index (χ1v) is 11.9.